The van der Waals surface area contributed by atoms with Gasteiger partial charge in [-0.15, -0.1) is 0 Å². The van der Waals surface area contributed by atoms with E-state index in [2.05, 4.69) is 10.3 Å². The van der Waals surface area contributed by atoms with Gasteiger partial charge in [0.25, 0.3) is 5.91 Å². The summed E-state index contributed by atoms with van der Waals surface area (Å²) in [6.07, 6.45) is 3.19. The summed E-state index contributed by atoms with van der Waals surface area (Å²) in [5, 5.41) is 2.84. The van der Waals surface area contributed by atoms with Gasteiger partial charge < -0.3 is 10.1 Å². The molecule has 0 aliphatic rings. The van der Waals surface area contributed by atoms with Crippen molar-refractivity contribution in [2.24, 2.45) is 0 Å². The van der Waals surface area contributed by atoms with Crippen molar-refractivity contribution in [1.82, 2.24) is 4.98 Å². The molecule has 0 atom stereocenters. The fourth-order valence-corrected chi connectivity index (χ4v) is 2.08. The lowest BCUT2D eigenvalue weighted by Gasteiger charge is -2.08. The lowest BCUT2D eigenvalue weighted by Crippen LogP contribution is -2.11. The number of ether oxygens (including phenoxy) is 1. The summed E-state index contributed by atoms with van der Waals surface area (Å²) in [4.78, 5) is 15.9. The largest absolute Gasteiger partial charge is 0.489 e. The van der Waals surface area contributed by atoms with Crippen molar-refractivity contribution in [3.63, 3.8) is 0 Å². The number of nitrogens with zero attached hydrogens (tertiary/aromatic N) is 1. The second-order valence-corrected chi connectivity index (χ2v) is 4.99. The Morgan fingerprint density at radius 3 is 2.30 bits per heavy atom. The highest BCUT2D eigenvalue weighted by molar-refractivity contribution is 6.04. The molecule has 0 spiro atoms. The molecule has 0 fully saturated rings. The second kappa shape index (κ2) is 7.22. The van der Waals surface area contributed by atoms with Gasteiger partial charge in [0.1, 0.15) is 12.4 Å². The molecule has 1 N–H and O–H groups in total. The average molecular weight is 304 g/mol. The van der Waals surface area contributed by atoms with Gasteiger partial charge in [0.15, 0.2) is 0 Å². The molecule has 0 aliphatic heterocycles. The number of rotatable bonds is 5. The Bertz CT molecular complexity index is 756. The maximum Gasteiger partial charge on any atom is 0.255 e. The van der Waals surface area contributed by atoms with Crippen molar-refractivity contribution in [2.75, 3.05) is 5.32 Å². The van der Waals surface area contributed by atoms with E-state index in [1.165, 1.54) is 0 Å². The van der Waals surface area contributed by atoms with E-state index in [0.29, 0.717) is 12.2 Å². The van der Waals surface area contributed by atoms with Gasteiger partial charge in [-0.1, -0.05) is 30.3 Å². The number of carbonyl (C=O) groups is 1. The van der Waals surface area contributed by atoms with Crippen LogP contribution >= 0.6 is 0 Å². The molecular formula is C19H16N2O2. The molecule has 4 heteroatoms. The smallest absolute Gasteiger partial charge is 0.255 e. The molecule has 1 heterocycles. The van der Waals surface area contributed by atoms with E-state index in [4.69, 9.17) is 4.74 Å². The number of pyridine rings is 1. The Morgan fingerprint density at radius 1 is 0.913 bits per heavy atom. The monoisotopic (exact) mass is 304 g/mol. The molecule has 23 heavy (non-hydrogen) atoms. The highest BCUT2D eigenvalue weighted by atomic mass is 16.5. The van der Waals surface area contributed by atoms with Gasteiger partial charge in [-0.3, -0.25) is 9.78 Å². The van der Waals surface area contributed by atoms with E-state index < -0.39 is 0 Å². The molecule has 0 saturated carbocycles. The minimum Gasteiger partial charge on any atom is -0.489 e. The zero-order chi connectivity index (χ0) is 15.9. The third-order valence-electron chi connectivity index (χ3n) is 3.30. The maximum absolute atomic E-state index is 12.0. The van der Waals surface area contributed by atoms with Crippen LogP contribution in [0, 0.1) is 0 Å². The van der Waals surface area contributed by atoms with E-state index in [1.807, 2.05) is 54.6 Å². The first-order valence-electron chi connectivity index (χ1n) is 7.29. The maximum atomic E-state index is 12.0. The van der Waals surface area contributed by atoms with Crippen molar-refractivity contribution in [2.45, 2.75) is 6.61 Å². The van der Waals surface area contributed by atoms with Crippen LogP contribution in [-0.2, 0) is 6.61 Å². The van der Waals surface area contributed by atoms with Crippen LogP contribution in [0.1, 0.15) is 15.9 Å². The van der Waals surface area contributed by atoms with Gasteiger partial charge in [0.05, 0.1) is 0 Å². The minimum atomic E-state index is -0.162. The Balaban J connectivity index is 1.58. The molecule has 114 valence electrons. The summed E-state index contributed by atoms with van der Waals surface area (Å²) in [6, 6.07) is 20.6. The normalized spacial score (nSPS) is 10.1. The van der Waals surface area contributed by atoms with Gasteiger partial charge in [0.2, 0.25) is 0 Å². The SMILES string of the molecule is O=C(Nc1ccc(OCc2ccccc2)cc1)c1ccncc1. The van der Waals surface area contributed by atoms with E-state index in [0.717, 1.165) is 17.0 Å². The Morgan fingerprint density at radius 2 is 1.61 bits per heavy atom. The first-order chi connectivity index (χ1) is 11.3. The highest BCUT2D eigenvalue weighted by Crippen LogP contribution is 2.17. The summed E-state index contributed by atoms with van der Waals surface area (Å²) < 4.78 is 5.72. The van der Waals surface area contributed by atoms with Crippen LogP contribution in [0.15, 0.2) is 79.1 Å². The van der Waals surface area contributed by atoms with Crippen LogP contribution in [0.4, 0.5) is 5.69 Å². The zero-order valence-corrected chi connectivity index (χ0v) is 12.5. The standard InChI is InChI=1S/C19H16N2O2/c22-19(16-10-12-20-13-11-16)21-17-6-8-18(9-7-17)23-14-15-4-2-1-3-5-15/h1-13H,14H2,(H,21,22). The Hall–Kier alpha value is -3.14. The number of aromatic nitrogens is 1. The first-order valence-corrected chi connectivity index (χ1v) is 7.29. The predicted octanol–water partition coefficient (Wildman–Crippen LogP) is 3.91. The number of nitrogens with one attached hydrogen (secondary N) is 1. The number of amides is 1. The number of benzene rings is 2. The van der Waals surface area contributed by atoms with Crippen LogP contribution in [-0.4, -0.2) is 10.9 Å². The molecular weight excluding hydrogens is 288 g/mol. The Labute approximate surface area is 134 Å². The summed E-state index contributed by atoms with van der Waals surface area (Å²) in [6.45, 7) is 0.517. The first kappa shape index (κ1) is 14.8. The summed E-state index contributed by atoms with van der Waals surface area (Å²) in [5.41, 5.74) is 2.41. The van der Waals surface area contributed by atoms with E-state index in [9.17, 15) is 4.79 Å². The van der Waals surface area contributed by atoms with Crippen molar-refractivity contribution < 1.29 is 9.53 Å². The van der Waals surface area contributed by atoms with E-state index >= 15 is 0 Å². The highest BCUT2D eigenvalue weighted by Gasteiger charge is 2.05. The molecule has 4 nitrogen and oxygen atoms in total. The number of carbonyl (C=O) groups excluding carboxylic acids is 1. The quantitative estimate of drug-likeness (QED) is 0.777. The van der Waals surface area contributed by atoms with E-state index in [-0.39, 0.29) is 5.91 Å². The molecule has 0 radical (unpaired) electrons. The Kier molecular flexibility index (Phi) is 4.64. The third-order valence-corrected chi connectivity index (χ3v) is 3.30. The summed E-state index contributed by atoms with van der Waals surface area (Å²) in [5.74, 6) is 0.598. The van der Waals surface area contributed by atoms with Gasteiger partial charge >= 0.3 is 0 Å². The molecule has 0 aliphatic carbocycles. The predicted molar refractivity (Wildman–Crippen MR) is 89.4 cm³/mol. The topological polar surface area (TPSA) is 51.2 Å². The van der Waals surface area contributed by atoms with Crippen LogP contribution in [0.2, 0.25) is 0 Å². The number of hydrogen-bond acceptors (Lipinski definition) is 3. The minimum absolute atomic E-state index is 0.162. The molecule has 3 aromatic rings. The van der Waals surface area contributed by atoms with Crippen molar-refractivity contribution in [1.29, 1.82) is 0 Å². The molecule has 0 unspecified atom stereocenters. The van der Waals surface area contributed by atoms with Gasteiger partial charge in [0, 0.05) is 23.6 Å². The summed E-state index contributed by atoms with van der Waals surface area (Å²) in [7, 11) is 0. The fourth-order valence-electron chi connectivity index (χ4n) is 2.08. The molecule has 1 aromatic heterocycles. The molecule has 3 rings (SSSR count). The lowest BCUT2D eigenvalue weighted by molar-refractivity contribution is 0.102. The zero-order valence-electron chi connectivity index (χ0n) is 12.5. The molecule has 2 aromatic carbocycles. The van der Waals surface area contributed by atoms with Gasteiger partial charge in [-0.05, 0) is 42.0 Å². The van der Waals surface area contributed by atoms with Crippen LogP contribution in [0.5, 0.6) is 5.75 Å². The lowest BCUT2D eigenvalue weighted by atomic mass is 10.2. The number of anilines is 1. The average Bonchev–Trinajstić information content (AvgIpc) is 2.63. The van der Waals surface area contributed by atoms with Crippen LogP contribution in [0.25, 0.3) is 0 Å². The fraction of sp³-hybridized carbons (Fsp3) is 0.0526. The van der Waals surface area contributed by atoms with Crippen LogP contribution < -0.4 is 10.1 Å². The van der Waals surface area contributed by atoms with Crippen molar-refractivity contribution in [3.8, 4) is 5.75 Å². The molecule has 0 saturated heterocycles. The molecule has 0 bridgehead atoms. The third kappa shape index (κ3) is 4.17. The van der Waals surface area contributed by atoms with Gasteiger partial charge in [-0.25, -0.2) is 0 Å². The number of hydrogen-bond donors (Lipinski definition) is 1. The van der Waals surface area contributed by atoms with Crippen LogP contribution in [0.3, 0.4) is 0 Å². The van der Waals surface area contributed by atoms with Crippen molar-refractivity contribution >= 4 is 11.6 Å². The summed E-state index contributed by atoms with van der Waals surface area (Å²) >= 11 is 0. The van der Waals surface area contributed by atoms with Gasteiger partial charge in [-0.2, -0.15) is 0 Å². The van der Waals surface area contributed by atoms with Crippen molar-refractivity contribution in [3.05, 3.63) is 90.3 Å². The second-order valence-electron chi connectivity index (χ2n) is 4.99. The van der Waals surface area contributed by atoms with E-state index in [1.54, 1.807) is 24.5 Å². The molecule has 1 amide bonds.